The first-order valence-corrected chi connectivity index (χ1v) is 9.02. The summed E-state index contributed by atoms with van der Waals surface area (Å²) in [6.45, 7) is 0.365. The summed E-state index contributed by atoms with van der Waals surface area (Å²) in [6.07, 6.45) is 1.94. The van der Waals surface area contributed by atoms with E-state index in [1.54, 1.807) is 42.5 Å². The smallest absolute Gasteiger partial charge is 0.267 e. The SMILES string of the molecule is O=C(NCCCO)/C(=C\c1ccc2c(c1)OCO2)NC(=O)c1ccccc1Cl. The summed E-state index contributed by atoms with van der Waals surface area (Å²) in [7, 11) is 0. The van der Waals surface area contributed by atoms with E-state index in [4.69, 9.17) is 26.2 Å². The van der Waals surface area contributed by atoms with Crippen molar-refractivity contribution >= 4 is 29.5 Å². The van der Waals surface area contributed by atoms with Crippen LogP contribution in [0.15, 0.2) is 48.2 Å². The standard InChI is InChI=1S/C20H19ClN2O5/c21-15-5-2-1-4-14(15)19(25)23-16(20(26)22-8-3-9-24)10-13-6-7-17-18(11-13)28-12-27-17/h1-2,4-7,10-11,24H,3,8-9,12H2,(H,22,26)(H,23,25)/b16-10+. The number of rotatable bonds is 7. The quantitative estimate of drug-likeness (QED) is 0.488. The second-order valence-corrected chi connectivity index (χ2v) is 6.34. The van der Waals surface area contributed by atoms with Gasteiger partial charge in [-0.15, -0.1) is 0 Å². The van der Waals surface area contributed by atoms with Crippen LogP contribution < -0.4 is 20.1 Å². The Kier molecular flexibility index (Phi) is 6.52. The molecule has 1 heterocycles. The minimum atomic E-state index is -0.505. The molecule has 2 aromatic rings. The molecule has 0 saturated carbocycles. The first-order valence-electron chi connectivity index (χ1n) is 8.65. The number of hydrogen-bond acceptors (Lipinski definition) is 5. The third-order valence-electron chi connectivity index (χ3n) is 3.94. The molecular formula is C20H19ClN2O5. The van der Waals surface area contributed by atoms with E-state index in [1.807, 2.05) is 0 Å². The van der Waals surface area contributed by atoms with Crippen molar-refractivity contribution in [2.24, 2.45) is 0 Å². The lowest BCUT2D eigenvalue weighted by molar-refractivity contribution is -0.117. The zero-order valence-electron chi connectivity index (χ0n) is 14.9. The van der Waals surface area contributed by atoms with Crippen molar-refractivity contribution in [3.05, 3.63) is 64.3 Å². The minimum Gasteiger partial charge on any atom is -0.454 e. The predicted octanol–water partition coefficient (Wildman–Crippen LogP) is 2.34. The Bertz CT molecular complexity index is 913. The van der Waals surface area contributed by atoms with Gasteiger partial charge in [0, 0.05) is 13.2 Å². The zero-order chi connectivity index (χ0) is 19.9. The van der Waals surface area contributed by atoms with Gasteiger partial charge in [-0.3, -0.25) is 9.59 Å². The van der Waals surface area contributed by atoms with Gasteiger partial charge in [-0.05, 0) is 42.3 Å². The van der Waals surface area contributed by atoms with Crippen LogP contribution in [0, 0.1) is 0 Å². The molecular weight excluding hydrogens is 384 g/mol. The average molecular weight is 403 g/mol. The third-order valence-corrected chi connectivity index (χ3v) is 4.27. The van der Waals surface area contributed by atoms with Crippen molar-refractivity contribution in [2.45, 2.75) is 6.42 Å². The lowest BCUT2D eigenvalue weighted by Crippen LogP contribution is -2.35. The zero-order valence-corrected chi connectivity index (χ0v) is 15.7. The van der Waals surface area contributed by atoms with Crippen LogP contribution in [0.5, 0.6) is 11.5 Å². The number of benzene rings is 2. The summed E-state index contributed by atoms with van der Waals surface area (Å²) in [5, 5.41) is 14.4. The van der Waals surface area contributed by atoms with Crippen LogP contribution in [0.25, 0.3) is 6.08 Å². The number of carbonyl (C=O) groups excluding carboxylic acids is 2. The van der Waals surface area contributed by atoms with E-state index in [1.165, 1.54) is 6.08 Å². The molecule has 7 nitrogen and oxygen atoms in total. The van der Waals surface area contributed by atoms with E-state index < -0.39 is 11.8 Å². The molecule has 1 aliphatic heterocycles. The molecule has 0 saturated heterocycles. The van der Waals surface area contributed by atoms with E-state index in [0.717, 1.165) is 0 Å². The van der Waals surface area contributed by atoms with Gasteiger partial charge in [0.15, 0.2) is 11.5 Å². The molecule has 3 rings (SSSR count). The highest BCUT2D eigenvalue weighted by Gasteiger charge is 2.18. The van der Waals surface area contributed by atoms with E-state index in [2.05, 4.69) is 10.6 Å². The van der Waals surface area contributed by atoms with E-state index >= 15 is 0 Å². The number of nitrogens with one attached hydrogen (secondary N) is 2. The topological polar surface area (TPSA) is 96.9 Å². The van der Waals surface area contributed by atoms with E-state index in [9.17, 15) is 9.59 Å². The number of halogens is 1. The van der Waals surface area contributed by atoms with Crippen LogP contribution in [-0.2, 0) is 4.79 Å². The van der Waals surface area contributed by atoms with Gasteiger partial charge in [-0.25, -0.2) is 0 Å². The second kappa shape index (κ2) is 9.25. The first-order chi connectivity index (χ1) is 13.6. The molecule has 0 radical (unpaired) electrons. The Morgan fingerprint density at radius 3 is 2.71 bits per heavy atom. The third kappa shape index (κ3) is 4.82. The fraction of sp³-hybridized carbons (Fsp3) is 0.200. The Morgan fingerprint density at radius 2 is 1.93 bits per heavy atom. The van der Waals surface area contributed by atoms with Crippen LogP contribution >= 0.6 is 11.6 Å². The summed E-state index contributed by atoms with van der Waals surface area (Å²) < 4.78 is 10.6. The molecule has 0 aliphatic carbocycles. The number of carbonyl (C=O) groups is 2. The largest absolute Gasteiger partial charge is 0.454 e. The van der Waals surface area contributed by atoms with Crippen molar-refractivity contribution < 1.29 is 24.2 Å². The number of aliphatic hydroxyl groups is 1. The Balaban J connectivity index is 1.85. The molecule has 0 spiro atoms. The summed E-state index contributed by atoms with van der Waals surface area (Å²) in [6, 6.07) is 11.7. The summed E-state index contributed by atoms with van der Waals surface area (Å²) >= 11 is 6.07. The van der Waals surface area contributed by atoms with Crippen molar-refractivity contribution in [1.29, 1.82) is 0 Å². The maximum absolute atomic E-state index is 12.6. The van der Waals surface area contributed by atoms with Gasteiger partial charge < -0.3 is 25.2 Å². The van der Waals surface area contributed by atoms with E-state index in [-0.39, 0.29) is 36.2 Å². The molecule has 0 aromatic heterocycles. The number of hydrogen-bond donors (Lipinski definition) is 3. The van der Waals surface area contributed by atoms with Gasteiger partial charge in [-0.2, -0.15) is 0 Å². The minimum absolute atomic E-state index is 0.0433. The Morgan fingerprint density at radius 1 is 1.14 bits per heavy atom. The van der Waals surface area contributed by atoms with Crippen molar-refractivity contribution in [3.63, 3.8) is 0 Å². The number of ether oxygens (including phenoxy) is 2. The molecule has 3 N–H and O–H groups in total. The Hall–Kier alpha value is -3.03. The van der Waals surface area contributed by atoms with Gasteiger partial charge >= 0.3 is 0 Å². The maximum atomic E-state index is 12.6. The lowest BCUT2D eigenvalue weighted by Gasteiger charge is -2.12. The first kappa shape index (κ1) is 19.7. The maximum Gasteiger partial charge on any atom is 0.267 e. The summed E-state index contributed by atoms with van der Waals surface area (Å²) in [5.74, 6) is 0.193. The molecule has 2 amide bonds. The van der Waals surface area contributed by atoms with Crippen LogP contribution in [0.4, 0.5) is 0 Å². The van der Waals surface area contributed by atoms with Crippen molar-refractivity contribution in [2.75, 3.05) is 19.9 Å². The molecule has 0 atom stereocenters. The van der Waals surface area contributed by atoms with Gasteiger partial charge in [0.2, 0.25) is 6.79 Å². The predicted molar refractivity (Wildman–Crippen MR) is 104 cm³/mol. The molecule has 2 aromatic carbocycles. The molecule has 0 unspecified atom stereocenters. The number of aliphatic hydroxyl groups excluding tert-OH is 1. The van der Waals surface area contributed by atoms with Gasteiger partial charge in [0.1, 0.15) is 5.70 Å². The molecule has 8 heteroatoms. The van der Waals surface area contributed by atoms with Crippen LogP contribution in [0.3, 0.4) is 0 Å². The molecule has 0 fully saturated rings. The molecule has 28 heavy (non-hydrogen) atoms. The summed E-state index contributed by atoms with van der Waals surface area (Å²) in [4.78, 5) is 25.1. The number of amides is 2. The fourth-order valence-electron chi connectivity index (χ4n) is 2.54. The molecule has 146 valence electrons. The highest BCUT2D eigenvalue weighted by molar-refractivity contribution is 6.34. The summed E-state index contributed by atoms with van der Waals surface area (Å²) in [5.41, 5.74) is 0.946. The van der Waals surface area contributed by atoms with E-state index in [0.29, 0.717) is 23.5 Å². The van der Waals surface area contributed by atoms with Crippen molar-refractivity contribution in [3.8, 4) is 11.5 Å². The van der Waals surface area contributed by atoms with Gasteiger partial charge in [0.05, 0.1) is 10.6 Å². The van der Waals surface area contributed by atoms with Gasteiger partial charge in [-0.1, -0.05) is 29.8 Å². The highest BCUT2D eigenvalue weighted by Crippen LogP contribution is 2.33. The Labute approximate surface area is 166 Å². The van der Waals surface area contributed by atoms with Crippen LogP contribution in [0.2, 0.25) is 5.02 Å². The second-order valence-electron chi connectivity index (χ2n) is 5.94. The van der Waals surface area contributed by atoms with Crippen LogP contribution in [0.1, 0.15) is 22.3 Å². The molecule has 0 bridgehead atoms. The van der Waals surface area contributed by atoms with Crippen LogP contribution in [-0.4, -0.2) is 36.9 Å². The normalized spacial score (nSPS) is 12.6. The lowest BCUT2D eigenvalue weighted by atomic mass is 10.1. The van der Waals surface area contributed by atoms with Crippen molar-refractivity contribution in [1.82, 2.24) is 10.6 Å². The van der Waals surface area contributed by atoms with Gasteiger partial charge in [0.25, 0.3) is 11.8 Å². The molecule has 1 aliphatic rings. The monoisotopic (exact) mass is 402 g/mol. The highest BCUT2D eigenvalue weighted by atomic mass is 35.5. The fourth-order valence-corrected chi connectivity index (χ4v) is 2.76. The average Bonchev–Trinajstić information content (AvgIpc) is 3.15. The number of fused-ring (bicyclic) bond motifs is 1.